The van der Waals surface area contributed by atoms with Crippen LogP contribution in [0.4, 0.5) is 0 Å². The summed E-state index contributed by atoms with van der Waals surface area (Å²) < 4.78 is 5.51. The summed E-state index contributed by atoms with van der Waals surface area (Å²) >= 11 is 0. The Balaban J connectivity index is 1.43. The smallest absolute Gasteiger partial charge is 0.251 e. The van der Waals surface area contributed by atoms with Crippen molar-refractivity contribution in [3.8, 4) is 0 Å². The van der Waals surface area contributed by atoms with Crippen molar-refractivity contribution in [1.82, 2.24) is 10.6 Å². The molecule has 1 aromatic carbocycles. The lowest BCUT2D eigenvalue weighted by atomic mass is 9.88. The molecule has 25 heavy (non-hydrogen) atoms. The van der Waals surface area contributed by atoms with Gasteiger partial charge in [0.15, 0.2) is 0 Å². The molecule has 1 aromatic rings. The number of carbonyl (C=O) groups is 2. The molecule has 0 radical (unpaired) electrons. The van der Waals surface area contributed by atoms with Crippen LogP contribution in [0.5, 0.6) is 0 Å². The van der Waals surface area contributed by atoms with Gasteiger partial charge in [-0.3, -0.25) is 9.59 Å². The first-order valence-corrected chi connectivity index (χ1v) is 9.49. The summed E-state index contributed by atoms with van der Waals surface area (Å²) in [7, 11) is 0. The average Bonchev–Trinajstić information content (AvgIpc) is 3.19. The van der Waals surface area contributed by atoms with Gasteiger partial charge in [-0.25, -0.2) is 0 Å². The Bertz CT molecular complexity index is 573. The molecular formula is C20H28N2O3. The third kappa shape index (κ3) is 5.30. The average molecular weight is 344 g/mol. The quantitative estimate of drug-likeness (QED) is 0.834. The largest absolute Gasteiger partial charge is 0.376 e. The summed E-state index contributed by atoms with van der Waals surface area (Å²) in [6.45, 7) is 1.88. The number of hydrogen-bond donors (Lipinski definition) is 2. The SMILES string of the molecule is O=C(NCC1CCCO1)c1ccc(CNC(=O)C2CCCCC2)cc1. The zero-order chi connectivity index (χ0) is 17.5. The van der Waals surface area contributed by atoms with E-state index >= 15 is 0 Å². The van der Waals surface area contributed by atoms with Crippen LogP contribution in [-0.2, 0) is 16.1 Å². The molecule has 3 rings (SSSR count). The molecular weight excluding hydrogens is 316 g/mol. The molecule has 5 heteroatoms. The molecule has 0 aromatic heterocycles. The number of rotatable bonds is 6. The van der Waals surface area contributed by atoms with Gasteiger partial charge in [0.2, 0.25) is 5.91 Å². The second-order valence-electron chi connectivity index (χ2n) is 7.09. The predicted molar refractivity (Wildman–Crippen MR) is 96.2 cm³/mol. The van der Waals surface area contributed by atoms with Gasteiger partial charge in [0.05, 0.1) is 6.10 Å². The molecule has 1 saturated heterocycles. The number of benzene rings is 1. The molecule has 1 unspecified atom stereocenters. The maximum atomic E-state index is 12.2. The van der Waals surface area contributed by atoms with Gasteiger partial charge in [0.1, 0.15) is 0 Å². The minimum Gasteiger partial charge on any atom is -0.376 e. The molecule has 1 atom stereocenters. The highest BCUT2D eigenvalue weighted by Gasteiger charge is 2.20. The van der Waals surface area contributed by atoms with Gasteiger partial charge >= 0.3 is 0 Å². The van der Waals surface area contributed by atoms with Crippen molar-refractivity contribution in [1.29, 1.82) is 0 Å². The van der Waals surface area contributed by atoms with Crippen LogP contribution in [0.25, 0.3) is 0 Å². The van der Waals surface area contributed by atoms with Crippen LogP contribution in [0.15, 0.2) is 24.3 Å². The van der Waals surface area contributed by atoms with E-state index in [1.807, 2.05) is 24.3 Å². The summed E-state index contributed by atoms with van der Waals surface area (Å²) in [6, 6.07) is 7.43. The van der Waals surface area contributed by atoms with Crippen molar-refractivity contribution < 1.29 is 14.3 Å². The minimum atomic E-state index is -0.0757. The van der Waals surface area contributed by atoms with E-state index < -0.39 is 0 Å². The molecule has 2 N–H and O–H groups in total. The number of nitrogens with one attached hydrogen (secondary N) is 2. The van der Waals surface area contributed by atoms with Crippen LogP contribution in [0, 0.1) is 5.92 Å². The van der Waals surface area contributed by atoms with Crippen LogP contribution in [0.3, 0.4) is 0 Å². The van der Waals surface area contributed by atoms with E-state index in [1.54, 1.807) is 0 Å². The minimum absolute atomic E-state index is 0.0757. The van der Waals surface area contributed by atoms with Crippen molar-refractivity contribution >= 4 is 11.8 Å². The molecule has 2 aliphatic rings. The first-order valence-electron chi connectivity index (χ1n) is 9.49. The van der Waals surface area contributed by atoms with Crippen molar-refractivity contribution in [3.05, 3.63) is 35.4 Å². The van der Waals surface area contributed by atoms with Gasteiger partial charge < -0.3 is 15.4 Å². The maximum absolute atomic E-state index is 12.2. The van der Waals surface area contributed by atoms with Gasteiger partial charge in [-0.05, 0) is 43.4 Å². The standard InChI is InChI=1S/C20H28N2O3/c23-19(16-5-2-1-3-6-16)21-13-15-8-10-17(11-9-15)20(24)22-14-18-7-4-12-25-18/h8-11,16,18H,1-7,12-14H2,(H,21,23)(H,22,24). The lowest BCUT2D eigenvalue weighted by Gasteiger charge is -2.20. The molecule has 1 aliphatic heterocycles. The lowest BCUT2D eigenvalue weighted by molar-refractivity contribution is -0.126. The molecule has 2 fully saturated rings. The van der Waals surface area contributed by atoms with E-state index in [2.05, 4.69) is 10.6 Å². The molecule has 1 saturated carbocycles. The van der Waals surface area contributed by atoms with Gasteiger partial charge in [0, 0.05) is 31.2 Å². The van der Waals surface area contributed by atoms with Crippen LogP contribution >= 0.6 is 0 Å². The molecule has 0 spiro atoms. The van der Waals surface area contributed by atoms with Crippen LogP contribution in [-0.4, -0.2) is 31.1 Å². The second kappa shape index (κ2) is 8.99. The molecule has 0 bridgehead atoms. The highest BCUT2D eigenvalue weighted by molar-refractivity contribution is 5.94. The Kier molecular flexibility index (Phi) is 6.45. The fraction of sp³-hybridized carbons (Fsp3) is 0.600. The van der Waals surface area contributed by atoms with Crippen LogP contribution < -0.4 is 10.6 Å². The lowest BCUT2D eigenvalue weighted by Crippen LogP contribution is -2.32. The molecule has 136 valence electrons. The van der Waals surface area contributed by atoms with Crippen LogP contribution in [0.2, 0.25) is 0 Å². The fourth-order valence-corrected chi connectivity index (χ4v) is 3.59. The summed E-state index contributed by atoms with van der Waals surface area (Å²) in [5.41, 5.74) is 1.65. The Morgan fingerprint density at radius 3 is 2.40 bits per heavy atom. The predicted octanol–water partition coefficient (Wildman–Crippen LogP) is 2.79. The molecule has 1 heterocycles. The zero-order valence-corrected chi connectivity index (χ0v) is 14.8. The fourth-order valence-electron chi connectivity index (χ4n) is 3.59. The van der Waals surface area contributed by atoms with Gasteiger partial charge in [-0.1, -0.05) is 31.4 Å². The maximum Gasteiger partial charge on any atom is 0.251 e. The van der Waals surface area contributed by atoms with E-state index in [1.165, 1.54) is 6.42 Å². The summed E-state index contributed by atoms with van der Waals surface area (Å²) in [6.07, 6.45) is 7.83. The van der Waals surface area contributed by atoms with Crippen molar-refractivity contribution in [2.45, 2.75) is 57.6 Å². The van der Waals surface area contributed by atoms with E-state index in [9.17, 15) is 9.59 Å². The Morgan fingerprint density at radius 1 is 0.960 bits per heavy atom. The molecule has 5 nitrogen and oxygen atoms in total. The van der Waals surface area contributed by atoms with Crippen LogP contribution in [0.1, 0.15) is 60.9 Å². The number of ether oxygens (including phenoxy) is 1. The van der Waals surface area contributed by atoms with E-state index in [4.69, 9.17) is 4.74 Å². The van der Waals surface area contributed by atoms with E-state index in [0.717, 1.165) is 50.7 Å². The Morgan fingerprint density at radius 2 is 1.72 bits per heavy atom. The first-order chi connectivity index (χ1) is 12.2. The summed E-state index contributed by atoms with van der Waals surface area (Å²) in [5, 5.41) is 5.94. The molecule has 2 amide bonds. The Labute approximate surface area is 149 Å². The number of amides is 2. The summed E-state index contributed by atoms with van der Waals surface area (Å²) in [4.78, 5) is 24.3. The number of carbonyl (C=O) groups excluding carboxylic acids is 2. The first kappa shape index (κ1) is 17.9. The highest BCUT2D eigenvalue weighted by Crippen LogP contribution is 2.23. The summed E-state index contributed by atoms with van der Waals surface area (Å²) in [5.74, 6) is 0.267. The molecule has 1 aliphatic carbocycles. The second-order valence-corrected chi connectivity index (χ2v) is 7.09. The zero-order valence-electron chi connectivity index (χ0n) is 14.8. The van der Waals surface area contributed by atoms with Crippen molar-refractivity contribution in [2.24, 2.45) is 5.92 Å². The highest BCUT2D eigenvalue weighted by atomic mass is 16.5. The monoisotopic (exact) mass is 344 g/mol. The third-order valence-electron chi connectivity index (χ3n) is 5.17. The number of hydrogen-bond acceptors (Lipinski definition) is 3. The van der Waals surface area contributed by atoms with Crippen molar-refractivity contribution in [3.63, 3.8) is 0 Å². The van der Waals surface area contributed by atoms with Gasteiger partial charge in [-0.15, -0.1) is 0 Å². The normalized spacial score (nSPS) is 21.0. The van der Waals surface area contributed by atoms with E-state index in [0.29, 0.717) is 18.7 Å². The Hall–Kier alpha value is -1.88. The van der Waals surface area contributed by atoms with Crippen molar-refractivity contribution in [2.75, 3.05) is 13.2 Å². The van der Waals surface area contributed by atoms with E-state index in [-0.39, 0.29) is 23.8 Å². The third-order valence-corrected chi connectivity index (χ3v) is 5.17. The topological polar surface area (TPSA) is 67.4 Å². The van der Waals surface area contributed by atoms with Gasteiger partial charge in [-0.2, -0.15) is 0 Å². The van der Waals surface area contributed by atoms with Gasteiger partial charge in [0.25, 0.3) is 5.91 Å².